The largest absolute Gasteiger partial charge is 0.380 e. The summed E-state index contributed by atoms with van der Waals surface area (Å²) in [4.78, 5) is 29.1. The lowest BCUT2D eigenvalue weighted by Gasteiger charge is -2.23. The monoisotopic (exact) mass is 624 g/mol. The van der Waals surface area contributed by atoms with Crippen LogP contribution in [0.1, 0.15) is 86.3 Å². The average molecular weight is 625 g/mol. The molecule has 2 amide bonds. The van der Waals surface area contributed by atoms with Crippen molar-refractivity contribution < 1.29 is 22.7 Å². The Morgan fingerprint density at radius 2 is 1.98 bits per heavy atom. The molecule has 0 spiro atoms. The Morgan fingerprint density at radius 3 is 2.66 bits per heavy atom. The first-order valence-corrected chi connectivity index (χ1v) is 17.2. The molecule has 2 aliphatic rings. The van der Waals surface area contributed by atoms with E-state index in [0.29, 0.717) is 38.4 Å². The summed E-state index contributed by atoms with van der Waals surface area (Å²) >= 11 is 0. The van der Waals surface area contributed by atoms with Gasteiger partial charge in [0.15, 0.2) is 0 Å². The van der Waals surface area contributed by atoms with Crippen molar-refractivity contribution in [3.63, 3.8) is 0 Å². The molecule has 0 saturated carbocycles. The van der Waals surface area contributed by atoms with Crippen LogP contribution >= 0.6 is 0 Å². The molecule has 3 unspecified atom stereocenters. The molecule has 0 radical (unpaired) electrons. The number of fused-ring (bicyclic) bond motifs is 3. The van der Waals surface area contributed by atoms with E-state index in [1.54, 1.807) is 12.1 Å². The molecule has 0 aliphatic carbocycles. The second-order valence-corrected chi connectivity index (χ2v) is 13.9. The standard InChI is InChI=1S/C34H48N4O5S/c1-7-10-11-14-24(4)31-29-16-15-26(33(39)35-44(41,42)36(5)6)22-30(29)38-23-27(34(40)37-17-12-19-43-20-18-37)21-25(13-8-2)28(9-3)32(31)38/h8-9,13,15-16,21-22,24-25,28H,3,7,10-12,14,17-20,23H2,1-2,4-6H3,(H,35,39)/b13-8-. The summed E-state index contributed by atoms with van der Waals surface area (Å²) in [6, 6.07) is 5.39. The number of rotatable bonds is 11. The van der Waals surface area contributed by atoms with Crippen LogP contribution in [-0.2, 0) is 26.3 Å². The highest BCUT2D eigenvalue weighted by Gasteiger charge is 2.34. The van der Waals surface area contributed by atoms with Crippen molar-refractivity contribution in [2.75, 3.05) is 40.4 Å². The lowest BCUT2D eigenvalue weighted by molar-refractivity contribution is -0.127. The van der Waals surface area contributed by atoms with Gasteiger partial charge in [0.25, 0.3) is 11.8 Å². The number of aromatic nitrogens is 1. The maximum atomic E-state index is 14.1. The highest BCUT2D eigenvalue weighted by Crippen LogP contribution is 2.44. The zero-order valence-corrected chi connectivity index (χ0v) is 27.7. The van der Waals surface area contributed by atoms with Gasteiger partial charge >= 0.3 is 10.2 Å². The van der Waals surface area contributed by atoms with Gasteiger partial charge < -0.3 is 14.2 Å². The highest BCUT2D eigenvalue weighted by molar-refractivity contribution is 7.87. The zero-order chi connectivity index (χ0) is 32.0. The van der Waals surface area contributed by atoms with Crippen LogP contribution < -0.4 is 4.72 Å². The van der Waals surface area contributed by atoms with Crippen molar-refractivity contribution in [1.29, 1.82) is 0 Å². The molecule has 3 heterocycles. The predicted molar refractivity (Wildman–Crippen MR) is 176 cm³/mol. The number of amides is 2. The second-order valence-electron chi connectivity index (χ2n) is 12.0. The van der Waals surface area contributed by atoms with E-state index in [1.165, 1.54) is 19.7 Å². The first kappa shape index (κ1) is 33.7. The fourth-order valence-electron chi connectivity index (χ4n) is 6.40. The first-order chi connectivity index (χ1) is 21.0. The Hall–Kier alpha value is -3.21. The number of hydrogen-bond acceptors (Lipinski definition) is 5. The molecule has 2 aromatic rings. The number of ether oxygens (including phenoxy) is 1. The molecule has 9 nitrogen and oxygen atoms in total. The number of carbonyl (C=O) groups is 2. The average Bonchev–Trinajstić information content (AvgIpc) is 3.15. The zero-order valence-electron chi connectivity index (χ0n) is 26.8. The van der Waals surface area contributed by atoms with Gasteiger partial charge in [-0.1, -0.05) is 63.5 Å². The van der Waals surface area contributed by atoms with Gasteiger partial charge in [-0.25, -0.2) is 4.72 Å². The fourth-order valence-corrected chi connectivity index (χ4v) is 6.93. The molecular formula is C34H48N4O5S. The first-order valence-electron chi connectivity index (χ1n) is 15.8. The number of nitrogens with one attached hydrogen (secondary N) is 1. The van der Waals surface area contributed by atoms with E-state index in [9.17, 15) is 18.0 Å². The van der Waals surface area contributed by atoms with Crippen LogP contribution in [0.3, 0.4) is 0 Å². The molecule has 240 valence electrons. The Balaban J connectivity index is 1.92. The maximum absolute atomic E-state index is 14.1. The predicted octanol–water partition coefficient (Wildman–Crippen LogP) is 5.51. The van der Waals surface area contributed by atoms with Gasteiger partial charge in [0.2, 0.25) is 0 Å². The summed E-state index contributed by atoms with van der Waals surface area (Å²) in [6.07, 6.45) is 13.4. The van der Waals surface area contributed by atoms with Crippen LogP contribution in [-0.4, -0.2) is 74.4 Å². The third-order valence-electron chi connectivity index (χ3n) is 8.75. The van der Waals surface area contributed by atoms with Crippen molar-refractivity contribution >= 4 is 32.9 Å². The Kier molecular flexibility index (Phi) is 11.3. The highest BCUT2D eigenvalue weighted by atomic mass is 32.2. The lowest BCUT2D eigenvalue weighted by atomic mass is 9.82. The van der Waals surface area contributed by atoms with E-state index < -0.39 is 16.1 Å². The number of nitrogens with zero attached hydrogens (tertiary/aromatic N) is 3. The number of hydrogen-bond donors (Lipinski definition) is 1. The molecule has 1 N–H and O–H groups in total. The smallest absolute Gasteiger partial charge is 0.303 e. The molecule has 2 aliphatic heterocycles. The van der Waals surface area contributed by atoms with Crippen LogP contribution in [0.2, 0.25) is 0 Å². The van der Waals surface area contributed by atoms with Crippen molar-refractivity contribution in [2.45, 2.75) is 71.3 Å². The summed E-state index contributed by atoms with van der Waals surface area (Å²) in [5, 5.41) is 1.01. The summed E-state index contributed by atoms with van der Waals surface area (Å²) in [5.74, 6) is -0.675. The minimum absolute atomic E-state index is 0.00830. The van der Waals surface area contributed by atoms with E-state index >= 15 is 0 Å². The van der Waals surface area contributed by atoms with Crippen LogP contribution in [0.25, 0.3) is 10.9 Å². The lowest BCUT2D eigenvalue weighted by Crippen LogP contribution is -2.39. The third kappa shape index (κ3) is 7.19. The fraction of sp³-hybridized carbons (Fsp3) is 0.529. The molecule has 10 heteroatoms. The quantitative estimate of drug-likeness (QED) is 0.263. The van der Waals surface area contributed by atoms with Gasteiger partial charge in [-0.15, -0.1) is 6.58 Å². The summed E-state index contributed by atoms with van der Waals surface area (Å²) < 4.78 is 35.8. The van der Waals surface area contributed by atoms with E-state index in [-0.39, 0.29) is 29.2 Å². The van der Waals surface area contributed by atoms with Gasteiger partial charge in [0.05, 0.1) is 13.2 Å². The van der Waals surface area contributed by atoms with Crippen molar-refractivity contribution in [2.24, 2.45) is 5.92 Å². The second kappa shape index (κ2) is 14.7. The molecule has 1 aromatic carbocycles. The van der Waals surface area contributed by atoms with Crippen molar-refractivity contribution in [3.05, 3.63) is 71.5 Å². The SMILES string of the molecule is C=CC1c2c(C(C)CCCCC)c3ccc(C(=O)NS(=O)(=O)N(C)C)cc3n2CC(C(=O)N2CCCOCC2)=CC1/C=C\C. The number of unbranched alkanes of at least 4 members (excludes halogenated alkanes) is 2. The molecule has 1 aromatic heterocycles. The summed E-state index contributed by atoms with van der Waals surface area (Å²) in [6.45, 7) is 13.4. The van der Waals surface area contributed by atoms with Crippen LogP contribution in [0, 0.1) is 5.92 Å². The van der Waals surface area contributed by atoms with E-state index in [0.717, 1.165) is 53.0 Å². The van der Waals surface area contributed by atoms with Crippen molar-refractivity contribution in [3.8, 4) is 0 Å². The normalized spacial score (nSPS) is 20.2. The summed E-state index contributed by atoms with van der Waals surface area (Å²) in [7, 11) is -1.23. The van der Waals surface area contributed by atoms with Gasteiger partial charge in [0.1, 0.15) is 0 Å². The third-order valence-corrected chi connectivity index (χ3v) is 10.2. The van der Waals surface area contributed by atoms with Crippen LogP contribution in [0.5, 0.6) is 0 Å². The number of allylic oxidation sites excluding steroid dienone is 4. The van der Waals surface area contributed by atoms with Crippen LogP contribution in [0.4, 0.5) is 0 Å². The van der Waals surface area contributed by atoms with Gasteiger partial charge in [0, 0.05) is 73.4 Å². The molecule has 44 heavy (non-hydrogen) atoms. The van der Waals surface area contributed by atoms with E-state index in [2.05, 4.69) is 41.9 Å². The Bertz CT molecular complexity index is 1530. The molecular weight excluding hydrogens is 576 g/mol. The van der Waals surface area contributed by atoms with E-state index in [4.69, 9.17) is 4.74 Å². The van der Waals surface area contributed by atoms with Crippen LogP contribution in [0.15, 0.2) is 54.7 Å². The summed E-state index contributed by atoms with van der Waals surface area (Å²) in [5.41, 5.74) is 4.03. The maximum Gasteiger partial charge on any atom is 0.303 e. The Morgan fingerprint density at radius 1 is 1.20 bits per heavy atom. The molecule has 3 atom stereocenters. The number of benzene rings is 1. The minimum Gasteiger partial charge on any atom is -0.380 e. The van der Waals surface area contributed by atoms with Gasteiger partial charge in [-0.05, 0) is 43.4 Å². The Labute approximate surface area is 262 Å². The molecule has 1 saturated heterocycles. The topological polar surface area (TPSA) is 101 Å². The van der Waals surface area contributed by atoms with E-state index in [1.807, 2.05) is 30.0 Å². The number of carbonyl (C=O) groups excluding carboxylic acids is 2. The molecule has 0 bridgehead atoms. The van der Waals surface area contributed by atoms with Crippen molar-refractivity contribution in [1.82, 2.24) is 18.5 Å². The minimum atomic E-state index is -3.97. The molecule has 4 rings (SSSR count). The van der Waals surface area contributed by atoms with Gasteiger partial charge in [-0.2, -0.15) is 12.7 Å². The van der Waals surface area contributed by atoms with Gasteiger partial charge in [-0.3, -0.25) is 9.59 Å². The molecule has 1 fully saturated rings.